The Balaban J connectivity index is 0.00000162. The van der Waals surface area contributed by atoms with Gasteiger partial charge in [-0.1, -0.05) is 0 Å². The predicted molar refractivity (Wildman–Crippen MR) is 71.0 cm³/mol. The van der Waals surface area contributed by atoms with Crippen LogP contribution in [0.3, 0.4) is 0 Å². The molecule has 1 saturated carbocycles. The molecule has 0 spiro atoms. The van der Waals surface area contributed by atoms with E-state index in [0.29, 0.717) is 26.3 Å². The van der Waals surface area contributed by atoms with Gasteiger partial charge >= 0.3 is 0 Å². The second-order valence-electron chi connectivity index (χ2n) is 4.84. The number of carbonyl (C=O) groups is 1. The number of amides is 1. The van der Waals surface area contributed by atoms with Gasteiger partial charge in [0, 0.05) is 33.3 Å². The summed E-state index contributed by atoms with van der Waals surface area (Å²) in [6, 6.07) is 0. The van der Waals surface area contributed by atoms with Crippen molar-refractivity contribution in [1.29, 1.82) is 0 Å². The van der Waals surface area contributed by atoms with Crippen molar-refractivity contribution >= 4 is 18.3 Å². The summed E-state index contributed by atoms with van der Waals surface area (Å²) in [5, 5.41) is 3.16. The minimum atomic E-state index is -0.322. The molecule has 6 heteroatoms. The molecule has 1 N–H and O–H groups in total. The Morgan fingerprint density at radius 1 is 1.50 bits per heavy atom. The molecular formula is C12H23ClN2O3. The van der Waals surface area contributed by atoms with Crippen LogP contribution < -0.4 is 5.32 Å². The van der Waals surface area contributed by atoms with Crippen molar-refractivity contribution in [2.75, 3.05) is 46.5 Å². The number of hydrogen-bond donors (Lipinski definition) is 1. The van der Waals surface area contributed by atoms with E-state index in [-0.39, 0.29) is 24.4 Å². The van der Waals surface area contributed by atoms with Crippen molar-refractivity contribution in [2.45, 2.75) is 18.9 Å². The van der Waals surface area contributed by atoms with Crippen molar-refractivity contribution in [3.63, 3.8) is 0 Å². The fraction of sp³-hybridized carbons (Fsp3) is 0.917. The van der Waals surface area contributed by atoms with Gasteiger partial charge in [0.1, 0.15) is 6.10 Å². The summed E-state index contributed by atoms with van der Waals surface area (Å²) in [6.07, 6.45) is 2.28. The third-order valence-electron chi connectivity index (χ3n) is 3.20. The monoisotopic (exact) mass is 278 g/mol. The van der Waals surface area contributed by atoms with Gasteiger partial charge in [-0.2, -0.15) is 0 Å². The lowest BCUT2D eigenvalue weighted by atomic mass is 10.2. The van der Waals surface area contributed by atoms with Gasteiger partial charge in [-0.3, -0.25) is 4.79 Å². The molecule has 1 atom stereocenters. The molecule has 5 nitrogen and oxygen atoms in total. The smallest absolute Gasteiger partial charge is 0.252 e. The van der Waals surface area contributed by atoms with E-state index in [1.165, 1.54) is 12.8 Å². The third kappa shape index (κ3) is 5.10. The van der Waals surface area contributed by atoms with E-state index in [0.717, 1.165) is 19.1 Å². The summed E-state index contributed by atoms with van der Waals surface area (Å²) >= 11 is 0. The van der Waals surface area contributed by atoms with E-state index >= 15 is 0 Å². The van der Waals surface area contributed by atoms with E-state index in [4.69, 9.17) is 9.47 Å². The van der Waals surface area contributed by atoms with Crippen molar-refractivity contribution < 1.29 is 14.3 Å². The molecule has 1 unspecified atom stereocenters. The van der Waals surface area contributed by atoms with Crippen LogP contribution in [-0.4, -0.2) is 63.4 Å². The molecule has 1 saturated heterocycles. The maximum Gasteiger partial charge on any atom is 0.252 e. The highest BCUT2D eigenvalue weighted by molar-refractivity contribution is 5.85. The molecule has 1 heterocycles. The Kier molecular flexibility index (Phi) is 6.92. The number of nitrogens with one attached hydrogen (secondary N) is 1. The average molecular weight is 279 g/mol. The van der Waals surface area contributed by atoms with Crippen LogP contribution in [0, 0.1) is 5.92 Å². The number of likely N-dealkylation sites (N-methyl/N-ethyl adjacent to an activating group) is 1. The van der Waals surface area contributed by atoms with E-state index in [1.807, 2.05) is 0 Å². The van der Waals surface area contributed by atoms with Gasteiger partial charge in [0.15, 0.2) is 0 Å². The fourth-order valence-electron chi connectivity index (χ4n) is 1.82. The van der Waals surface area contributed by atoms with Gasteiger partial charge < -0.3 is 19.7 Å². The number of morpholine rings is 1. The molecule has 0 bridgehead atoms. The minimum absolute atomic E-state index is 0. The van der Waals surface area contributed by atoms with E-state index in [2.05, 4.69) is 5.32 Å². The molecule has 1 aliphatic carbocycles. The molecule has 0 aromatic rings. The largest absolute Gasteiger partial charge is 0.379 e. The number of ether oxygens (including phenoxy) is 2. The Morgan fingerprint density at radius 3 is 2.89 bits per heavy atom. The van der Waals surface area contributed by atoms with Crippen molar-refractivity contribution in [3.8, 4) is 0 Å². The minimum Gasteiger partial charge on any atom is -0.379 e. The maximum atomic E-state index is 11.9. The van der Waals surface area contributed by atoms with Gasteiger partial charge in [0.05, 0.1) is 13.2 Å². The van der Waals surface area contributed by atoms with Crippen LogP contribution in [0.2, 0.25) is 0 Å². The highest BCUT2D eigenvalue weighted by atomic mass is 35.5. The van der Waals surface area contributed by atoms with E-state index in [1.54, 1.807) is 11.9 Å². The van der Waals surface area contributed by atoms with Gasteiger partial charge in [0.25, 0.3) is 5.91 Å². The second kappa shape index (κ2) is 7.94. The number of carbonyl (C=O) groups excluding carboxylic acids is 1. The molecule has 2 rings (SSSR count). The van der Waals surface area contributed by atoms with Gasteiger partial charge in [-0.25, -0.2) is 0 Å². The van der Waals surface area contributed by atoms with Crippen LogP contribution in [0.25, 0.3) is 0 Å². The first-order valence-corrected chi connectivity index (χ1v) is 6.42. The Morgan fingerprint density at radius 2 is 2.28 bits per heavy atom. The Hall–Kier alpha value is -0.360. The van der Waals surface area contributed by atoms with Crippen LogP contribution >= 0.6 is 12.4 Å². The predicted octanol–water partition coefficient (Wildman–Crippen LogP) is 0.282. The molecule has 1 amide bonds. The van der Waals surface area contributed by atoms with Crippen LogP contribution in [0.15, 0.2) is 0 Å². The maximum absolute atomic E-state index is 11.9. The van der Waals surface area contributed by atoms with Crippen LogP contribution in [0.1, 0.15) is 12.8 Å². The molecule has 0 radical (unpaired) electrons. The molecule has 2 fully saturated rings. The van der Waals surface area contributed by atoms with Crippen molar-refractivity contribution in [2.24, 2.45) is 5.92 Å². The summed E-state index contributed by atoms with van der Waals surface area (Å²) in [5.41, 5.74) is 0. The summed E-state index contributed by atoms with van der Waals surface area (Å²) in [4.78, 5) is 13.6. The van der Waals surface area contributed by atoms with Gasteiger partial charge in [0.2, 0.25) is 0 Å². The zero-order valence-electron chi connectivity index (χ0n) is 10.9. The second-order valence-corrected chi connectivity index (χ2v) is 4.84. The highest BCUT2D eigenvalue weighted by Gasteiger charge is 2.25. The lowest BCUT2D eigenvalue weighted by Gasteiger charge is -2.27. The SMILES string of the molecule is CN(CCOCC1CC1)C(=O)C1CNCCO1.Cl. The number of hydrogen-bond acceptors (Lipinski definition) is 4. The summed E-state index contributed by atoms with van der Waals surface area (Å²) in [5.74, 6) is 0.828. The van der Waals surface area contributed by atoms with E-state index in [9.17, 15) is 4.79 Å². The molecule has 0 aromatic carbocycles. The molecule has 0 aromatic heterocycles. The quantitative estimate of drug-likeness (QED) is 0.709. The number of rotatable bonds is 6. The fourth-order valence-corrected chi connectivity index (χ4v) is 1.82. The molecule has 18 heavy (non-hydrogen) atoms. The van der Waals surface area contributed by atoms with Crippen LogP contribution in [0.4, 0.5) is 0 Å². The first-order chi connectivity index (χ1) is 8.27. The molecular weight excluding hydrogens is 256 g/mol. The Labute approximate surface area is 115 Å². The molecule has 2 aliphatic rings. The topological polar surface area (TPSA) is 50.8 Å². The van der Waals surface area contributed by atoms with Gasteiger partial charge in [-0.05, 0) is 18.8 Å². The third-order valence-corrected chi connectivity index (χ3v) is 3.20. The first-order valence-electron chi connectivity index (χ1n) is 6.42. The summed E-state index contributed by atoms with van der Waals surface area (Å²) in [6.45, 7) is 4.18. The summed E-state index contributed by atoms with van der Waals surface area (Å²) < 4.78 is 10.9. The normalized spacial score (nSPS) is 23.3. The zero-order chi connectivity index (χ0) is 12.1. The summed E-state index contributed by atoms with van der Waals surface area (Å²) in [7, 11) is 1.81. The lowest BCUT2D eigenvalue weighted by Crippen LogP contribution is -2.48. The molecule has 1 aliphatic heterocycles. The van der Waals surface area contributed by atoms with Crippen LogP contribution in [-0.2, 0) is 14.3 Å². The number of halogens is 1. The highest BCUT2D eigenvalue weighted by Crippen LogP contribution is 2.28. The Bertz CT molecular complexity index is 256. The van der Waals surface area contributed by atoms with Crippen molar-refractivity contribution in [3.05, 3.63) is 0 Å². The van der Waals surface area contributed by atoms with Crippen LogP contribution in [0.5, 0.6) is 0 Å². The lowest BCUT2D eigenvalue weighted by molar-refractivity contribution is -0.144. The zero-order valence-corrected chi connectivity index (χ0v) is 11.7. The number of nitrogens with zero attached hydrogens (tertiary/aromatic N) is 1. The first kappa shape index (κ1) is 15.7. The van der Waals surface area contributed by atoms with Crippen molar-refractivity contribution in [1.82, 2.24) is 10.2 Å². The van der Waals surface area contributed by atoms with E-state index < -0.39 is 0 Å². The standard InChI is InChI=1S/C12H22N2O3.ClH/c1-14(5-7-16-9-10-2-3-10)12(15)11-8-13-4-6-17-11;/h10-11,13H,2-9H2,1H3;1H. The molecule has 106 valence electrons. The average Bonchev–Trinajstić information content (AvgIpc) is 3.18. The van der Waals surface area contributed by atoms with Gasteiger partial charge in [-0.15, -0.1) is 12.4 Å².